The van der Waals surface area contributed by atoms with Crippen LogP contribution < -0.4 is 0 Å². The maximum absolute atomic E-state index is 13.8. The first-order valence-electron chi connectivity index (χ1n) is 9.71. The van der Waals surface area contributed by atoms with Crippen LogP contribution in [0.2, 0.25) is 0 Å². The summed E-state index contributed by atoms with van der Waals surface area (Å²) < 4.78 is 13.8. The number of rotatable bonds is 5. The fourth-order valence-corrected chi connectivity index (χ4v) is 4.07. The summed E-state index contributed by atoms with van der Waals surface area (Å²) in [6.45, 7) is 3.51. The van der Waals surface area contributed by atoms with Gasteiger partial charge in [0, 0.05) is 24.7 Å². The van der Waals surface area contributed by atoms with Gasteiger partial charge in [-0.15, -0.1) is 0 Å². The highest BCUT2D eigenvalue weighted by molar-refractivity contribution is 5.96. The van der Waals surface area contributed by atoms with Crippen LogP contribution in [0.1, 0.15) is 65.3 Å². The Hall–Kier alpha value is -2.17. The largest absolute Gasteiger partial charge is 0.338 e. The molecule has 1 aliphatic heterocycles. The molecule has 5 heteroatoms. The van der Waals surface area contributed by atoms with E-state index < -0.39 is 0 Å². The molecule has 4 rings (SSSR count). The summed E-state index contributed by atoms with van der Waals surface area (Å²) in [6, 6.07) is 6.99. The number of hydrogen-bond donors (Lipinski definition) is 1. The molecular formula is C21H26FN3O. The first-order valence-corrected chi connectivity index (χ1v) is 9.71. The monoisotopic (exact) mass is 355 g/mol. The maximum atomic E-state index is 13.8. The number of carbonyl (C=O) groups excluding carboxylic acids is 1. The standard InChI is InChI=1S/C21H26FN3O/c1-14-19(20(24-23-14)17-10-11-17)21(26)25-12-4-5-15(13-25)8-9-16-6-2-3-7-18(16)22/h2-3,6-7,15,17H,4-5,8-13H2,1H3,(H,23,24)/t15-/m1/s1. The highest BCUT2D eigenvalue weighted by Crippen LogP contribution is 2.41. The van der Waals surface area contributed by atoms with Gasteiger partial charge in [0.25, 0.3) is 5.91 Å². The van der Waals surface area contributed by atoms with Crippen molar-refractivity contribution in [2.45, 2.75) is 51.4 Å². The van der Waals surface area contributed by atoms with Crippen LogP contribution in [0, 0.1) is 18.7 Å². The Kier molecular flexibility index (Phi) is 4.79. The minimum Gasteiger partial charge on any atom is -0.338 e. The zero-order chi connectivity index (χ0) is 18.1. The summed E-state index contributed by atoms with van der Waals surface area (Å²) >= 11 is 0. The molecule has 2 heterocycles. The predicted octanol–water partition coefficient (Wildman–Crippen LogP) is 4.22. The lowest BCUT2D eigenvalue weighted by Gasteiger charge is -2.33. The van der Waals surface area contributed by atoms with Crippen LogP contribution in [0.3, 0.4) is 0 Å². The Balaban J connectivity index is 1.41. The molecule has 2 fully saturated rings. The average molecular weight is 355 g/mol. The molecule has 1 atom stereocenters. The second kappa shape index (κ2) is 7.22. The second-order valence-electron chi connectivity index (χ2n) is 7.77. The normalized spacial score (nSPS) is 20.4. The van der Waals surface area contributed by atoms with Gasteiger partial charge >= 0.3 is 0 Å². The molecule has 1 aromatic heterocycles. The molecule has 1 saturated heterocycles. The first-order chi connectivity index (χ1) is 12.6. The number of aromatic amines is 1. The highest BCUT2D eigenvalue weighted by atomic mass is 19.1. The lowest BCUT2D eigenvalue weighted by Crippen LogP contribution is -2.40. The number of benzene rings is 1. The smallest absolute Gasteiger partial charge is 0.257 e. The number of H-pyrrole nitrogens is 1. The van der Waals surface area contributed by atoms with Crippen LogP contribution in [0.15, 0.2) is 24.3 Å². The minimum atomic E-state index is -0.126. The molecular weight excluding hydrogens is 329 g/mol. The number of carbonyl (C=O) groups is 1. The number of nitrogens with zero attached hydrogens (tertiary/aromatic N) is 2. The van der Waals surface area contributed by atoms with E-state index in [0.29, 0.717) is 11.8 Å². The zero-order valence-electron chi connectivity index (χ0n) is 15.3. The van der Waals surface area contributed by atoms with Crippen molar-refractivity contribution < 1.29 is 9.18 Å². The van der Waals surface area contributed by atoms with Crippen molar-refractivity contribution in [3.05, 3.63) is 52.6 Å². The van der Waals surface area contributed by atoms with Crippen molar-refractivity contribution in [1.82, 2.24) is 15.1 Å². The number of aromatic nitrogens is 2. The van der Waals surface area contributed by atoms with Crippen LogP contribution in [0.25, 0.3) is 0 Å². The SMILES string of the molecule is Cc1[nH]nc(C2CC2)c1C(=O)N1CCC[C@H](CCc2ccccc2F)C1. The van der Waals surface area contributed by atoms with Crippen LogP contribution in [0.4, 0.5) is 4.39 Å². The number of piperidine rings is 1. The van der Waals surface area contributed by atoms with E-state index in [9.17, 15) is 9.18 Å². The molecule has 1 saturated carbocycles. The van der Waals surface area contributed by atoms with Crippen molar-refractivity contribution in [1.29, 1.82) is 0 Å². The topological polar surface area (TPSA) is 49.0 Å². The number of hydrogen-bond acceptors (Lipinski definition) is 2. The molecule has 2 aliphatic rings. The van der Waals surface area contributed by atoms with Gasteiger partial charge in [0.2, 0.25) is 0 Å². The number of nitrogens with one attached hydrogen (secondary N) is 1. The summed E-state index contributed by atoms with van der Waals surface area (Å²) in [6.07, 6.45) is 6.05. The summed E-state index contributed by atoms with van der Waals surface area (Å²) in [5.41, 5.74) is 3.41. The maximum Gasteiger partial charge on any atom is 0.257 e. The van der Waals surface area contributed by atoms with E-state index in [4.69, 9.17) is 0 Å². The van der Waals surface area contributed by atoms with Crippen LogP contribution in [-0.2, 0) is 6.42 Å². The number of halogens is 1. The molecule has 1 aliphatic carbocycles. The Morgan fingerprint density at radius 1 is 1.31 bits per heavy atom. The third-order valence-electron chi connectivity index (χ3n) is 5.74. The van der Waals surface area contributed by atoms with E-state index in [1.807, 2.05) is 24.0 Å². The molecule has 0 unspecified atom stereocenters. The number of amides is 1. The van der Waals surface area contributed by atoms with E-state index in [-0.39, 0.29) is 11.7 Å². The van der Waals surface area contributed by atoms with Gasteiger partial charge in [-0.25, -0.2) is 4.39 Å². The van der Waals surface area contributed by atoms with Crippen LogP contribution in [-0.4, -0.2) is 34.1 Å². The predicted molar refractivity (Wildman–Crippen MR) is 98.6 cm³/mol. The van der Waals surface area contributed by atoms with Gasteiger partial charge in [-0.2, -0.15) is 5.10 Å². The van der Waals surface area contributed by atoms with E-state index in [0.717, 1.165) is 74.1 Å². The lowest BCUT2D eigenvalue weighted by molar-refractivity contribution is 0.0666. The van der Waals surface area contributed by atoms with Crippen LogP contribution in [0.5, 0.6) is 0 Å². The van der Waals surface area contributed by atoms with Gasteiger partial charge in [-0.3, -0.25) is 9.89 Å². The van der Waals surface area contributed by atoms with Crippen molar-refractivity contribution in [3.63, 3.8) is 0 Å². The molecule has 1 aromatic carbocycles. The van der Waals surface area contributed by atoms with Gasteiger partial charge in [0.15, 0.2) is 0 Å². The molecule has 1 amide bonds. The third-order valence-corrected chi connectivity index (χ3v) is 5.74. The van der Waals surface area contributed by atoms with E-state index in [2.05, 4.69) is 10.2 Å². The third kappa shape index (κ3) is 3.53. The van der Waals surface area contributed by atoms with E-state index in [1.54, 1.807) is 6.07 Å². The van der Waals surface area contributed by atoms with Crippen molar-refractivity contribution in [3.8, 4) is 0 Å². The van der Waals surface area contributed by atoms with Gasteiger partial charge in [-0.05, 0) is 63.0 Å². The first kappa shape index (κ1) is 17.3. The molecule has 0 bridgehead atoms. The Bertz CT molecular complexity index is 796. The van der Waals surface area contributed by atoms with Gasteiger partial charge in [0.1, 0.15) is 5.82 Å². The number of likely N-dealkylation sites (tertiary alicyclic amines) is 1. The summed E-state index contributed by atoms with van der Waals surface area (Å²) in [5.74, 6) is 0.887. The van der Waals surface area contributed by atoms with Gasteiger partial charge < -0.3 is 4.90 Å². The van der Waals surface area contributed by atoms with Crippen molar-refractivity contribution in [2.75, 3.05) is 13.1 Å². The van der Waals surface area contributed by atoms with Crippen molar-refractivity contribution >= 4 is 5.91 Å². The van der Waals surface area contributed by atoms with Crippen molar-refractivity contribution in [2.24, 2.45) is 5.92 Å². The summed E-state index contributed by atoms with van der Waals surface area (Å²) in [5, 5.41) is 7.39. The summed E-state index contributed by atoms with van der Waals surface area (Å²) in [7, 11) is 0. The van der Waals surface area contributed by atoms with Gasteiger partial charge in [0.05, 0.1) is 11.3 Å². The molecule has 138 valence electrons. The average Bonchev–Trinajstić information content (AvgIpc) is 3.43. The highest BCUT2D eigenvalue weighted by Gasteiger charge is 2.34. The molecule has 0 spiro atoms. The Morgan fingerprint density at radius 2 is 2.12 bits per heavy atom. The fraction of sp³-hybridized carbons (Fsp3) is 0.524. The lowest BCUT2D eigenvalue weighted by atomic mass is 9.91. The molecule has 2 aromatic rings. The van der Waals surface area contributed by atoms with Crippen LogP contribution >= 0.6 is 0 Å². The number of aryl methyl sites for hydroxylation is 2. The fourth-order valence-electron chi connectivity index (χ4n) is 4.07. The molecule has 0 radical (unpaired) electrons. The second-order valence-corrected chi connectivity index (χ2v) is 7.77. The Labute approximate surface area is 153 Å². The summed E-state index contributed by atoms with van der Waals surface area (Å²) in [4.78, 5) is 15.1. The molecule has 4 nitrogen and oxygen atoms in total. The zero-order valence-corrected chi connectivity index (χ0v) is 15.3. The van der Waals surface area contributed by atoms with Gasteiger partial charge in [-0.1, -0.05) is 18.2 Å². The molecule has 1 N–H and O–H groups in total. The minimum absolute atomic E-state index is 0.119. The quantitative estimate of drug-likeness (QED) is 0.873. The van der Waals surface area contributed by atoms with E-state index >= 15 is 0 Å². The van der Waals surface area contributed by atoms with E-state index in [1.165, 1.54) is 6.07 Å². The Morgan fingerprint density at radius 3 is 2.88 bits per heavy atom. The molecule has 26 heavy (non-hydrogen) atoms.